The molecule has 0 saturated heterocycles. The summed E-state index contributed by atoms with van der Waals surface area (Å²) in [6.45, 7) is 5.47. The summed E-state index contributed by atoms with van der Waals surface area (Å²) in [6.07, 6.45) is 3.77. The van der Waals surface area contributed by atoms with E-state index in [2.05, 4.69) is 11.6 Å². The van der Waals surface area contributed by atoms with Crippen LogP contribution >= 0.6 is 0 Å². The van der Waals surface area contributed by atoms with E-state index in [0.29, 0.717) is 19.3 Å². The van der Waals surface area contributed by atoms with Crippen LogP contribution < -0.4 is 4.90 Å². The number of nitrogens with zero attached hydrogens (tertiary/aromatic N) is 3. The van der Waals surface area contributed by atoms with E-state index in [1.165, 1.54) is 24.4 Å². The molecule has 0 spiro atoms. The van der Waals surface area contributed by atoms with E-state index in [-0.39, 0.29) is 17.9 Å². The Kier molecular flexibility index (Phi) is 6.91. The van der Waals surface area contributed by atoms with E-state index in [0.717, 1.165) is 11.0 Å². The summed E-state index contributed by atoms with van der Waals surface area (Å²) < 4.78 is 0. The number of amides is 2. The van der Waals surface area contributed by atoms with Crippen LogP contribution in [0.4, 0.5) is 5.82 Å². The summed E-state index contributed by atoms with van der Waals surface area (Å²) in [7, 11) is 1.39. The number of aromatic nitrogens is 1. The van der Waals surface area contributed by atoms with Gasteiger partial charge < -0.3 is 4.79 Å². The highest BCUT2D eigenvalue weighted by Crippen LogP contribution is 2.19. The van der Waals surface area contributed by atoms with Crippen molar-refractivity contribution in [2.75, 3.05) is 25.1 Å². The molecule has 0 aliphatic heterocycles. The van der Waals surface area contributed by atoms with Gasteiger partial charge in [-0.2, -0.15) is 0 Å². The van der Waals surface area contributed by atoms with Crippen LogP contribution in [-0.2, 0) is 14.4 Å². The lowest BCUT2D eigenvalue weighted by Crippen LogP contribution is -2.36. The first-order valence-corrected chi connectivity index (χ1v) is 6.79. The van der Waals surface area contributed by atoms with E-state index >= 15 is 0 Å². The van der Waals surface area contributed by atoms with Gasteiger partial charge in [-0.15, -0.1) is 0 Å². The molecule has 0 N–H and O–H groups in total. The lowest BCUT2D eigenvalue weighted by Gasteiger charge is -2.23. The molecule has 0 radical (unpaired) electrons. The highest BCUT2D eigenvalue weighted by atomic mass is 16.7. The quantitative estimate of drug-likeness (QED) is 0.410. The Morgan fingerprint density at radius 3 is 2.73 bits per heavy atom. The summed E-state index contributed by atoms with van der Waals surface area (Å²) in [5, 5.41) is 1.18. The van der Waals surface area contributed by atoms with E-state index in [4.69, 9.17) is 4.84 Å². The van der Waals surface area contributed by atoms with Gasteiger partial charge in [0.25, 0.3) is 11.8 Å². The average Bonchev–Trinajstić information content (AvgIpc) is 2.56. The van der Waals surface area contributed by atoms with Crippen LogP contribution in [0.2, 0.25) is 0 Å². The zero-order chi connectivity index (χ0) is 16.5. The largest absolute Gasteiger partial charge is 0.301 e. The fourth-order valence-corrected chi connectivity index (χ4v) is 1.86. The molecule has 0 atom stereocenters. The highest BCUT2D eigenvalue weighted by molar-refractivity contribution is 6.07. The molecular weight excluding hydrogens is 286 g/mol. The minimum Gasteiger partial charge on any atom is -0.301 e. The van der Waals surface area contributed by atoms with Crippen molar-refractivity contribution in [3.63, 3.8) is 0 Å². The molecule has 1 aromatic rings. The van der Waals surface area contributed by atoms with Gasteiger partial charge in [0.05, 0.1) is 19.2 Å². The van der Waals surface area contributed by atoms with Crippen molar-refractivity contribution in [3.05, 3.63) is 36.5 Å². The molecule has 1 aromatic heterocycles. The molecule has 1 rings (SSSR count). The fourth-order valence-electron chi connectivity index (χ4n) is 1.86. The van der Waals surface area contributed by atoms with Gasteiger partial charge in [-0.1, -0.05) is 13.5 Å². The van der Waals surface area contributed by atoms with Crippen molar-refractivity contribution in [1.29, 1.82) is 0 Å². The summed E-state index contributed by atoms with van der Waals surface area (Å²) in [6, 6.07) is 3.11. The van der Waals surface area contributed by atoms with Crippen LogP contribution in [-0.4, -0.2) is 48.3 Å². The molecule has 0 aromatic carbocycles. The third-order valence-electron chi connectivity index (χ3n) is 2.84. The highest BCUT2D eigenvalue weighted by Gasteiger charge is 2.24. The van der Waals surface area contributed by atoms with Crippen molar-refractivity contribution in [3.8, 4) is 0 Å². The molecule has 7 nitrogen and oxygen atoms in total. The Hall–Kier alpha value is -2.54. The normalized spacial score (nSPS) is 9.91. The maximum absolute atomic E-state index is 12.5. The van der Waals surface area contributed by atoms with Crippen LogP contribution in [0.15, 0.2) is 31.0 Å². The van der Waals surface area contributed by atoms with Gasteiger partial charge in [0.2, 0.25) is 0 Å². The minimum atomic E-state index is -0.515. The number of aldehydes is 1. The van der Waals surface area contributed by atoms with Crippen LogP contribution in [0.5, 0.6) is 0 Å². The Morgan fingerprint density at radius 2 is 2.18 bits per heavy atom. The SMILES string of the molecule is C=CC(=O)N(CC=O)c1ncccc1C(=O)N(CCC)OC. The van der Waals surface area contributed by atoms with Crippen LogP contribution in [0.3, 0.4) is 0 Å². The van der Waals surface area contributed by atoms with Gasteiger partial charge in [-0.3, -0.25) is 19.3 Å². The monoisotopic (exact) mass is 305 g/mol. The Bertz CT molecular complexity index is 559. The molecule has 1 heterocycles. The maximum Gasteiger partial charge on any atom is 0.281 e. The number of pyridine rings is 1. The van der Waals surface area contributed by atoms with Gasteiger partial charge in [0.1, 0.15) is 12.1 Å². The molecule has 0 fully saturated rings. The zero-order valence-corrected chi connectivity index (χ0v) is 12.7. The molecule has 0 aliphatic rings. The number of rotatable bonds is 8. The third kappa shape index (κ3) is 3.98. The van der Waals surface area contributed by atoms with Crippen LogP contribution in [0, 0.1) is 0 Å². The third-order valence-corrected chi connectivity index (χ3v) is 2.84. The molecule has 0 bridgehead atoms. The minimum absolute atomic E-state index is 0.0997. The average molecular weight is 305 g/mol. The van der Waals surface area contributed by atoms with Gasteiger partial charge in [0, 0.05) is 12.7 Å². The van der Waals surface area contributed by atoms with Crippen molar-refractivity contribution >= 4 is 23.9 Å². The van der Waals surface area contributed by atoms with Crippen molar-refractivity contribution in [2.45, 2.75) is 13.3 Å². The summed E-state index contributed by atoms with van der Waals surface area (Å²) in [5.41, 5.74) is 0.176. The number of hydroxylamine groups is 2. The Labute approximate surface area is 129 Å². The predicted octanol–water partition coefficient (Wildman–Crippen LogP) is 1.21. The van der Waals surface area contributed by atoms with E-state index in [9.17, 15) is 14.4 Å². The number of carbonyl (C=O) groups excluding carboxylic acids is 3. The summed E-state index contributed by atoms with van der Waals surface area (Å²) >= 11 is 0. The van der Waals surface area contributed by atoms with Gasteiger partial charge in [-0.05, 0) is 24.6 Å². The van der Waals surface area contributed by atoms with Crippen molar-refractivity contribution < 1.29 is 19.2 Å². The smallest absolute Gasteiger partial charge is 0.281 e. The first-order chi connectivity index (χ1) is 10.6. The lowest BCUT2D eigenvalue weighted by atomic mass is 10.2. The topological polar surface area (TPSA) is 79.8 Å². The number of anilines is 1. The van der Waals surface area contributed by atoms with Gasteiger partial charge in [-0.25, -0.2) is 10.0 Å². The number of carbonyl (C=O) groups is 3. The molecule has 22 heavy (non-hydrogen) atoms. The number of hydrogen-bond donors (Lipinski definition) is 0. The van der Waals surface area contributed by atoms with Gasteiger partial charge in [0.15, 0.2) is 0 Å². The molecule has 0 saturated carbocycles. The van der Waals surface area contributed by atoms with E-state index < -0.39 is 11.8 Å². The van der Waals surface area contributed by atoms with E-state index in [1.807, 2.05) is 6.92 Å². The van der Waals surface area contributed by atoms with Gasteiger partial charge >= 0.3 is 0 Å². The second-order valence-corrected chi connectivity index (χ2v) is 4.28. The summed E-state index contributed by atoms with van der Waals surface area (Å²) in [5.74, 6) is -0.845. The Morgan fingerprint density at radius 1 is 1.45 bits per heavy atom. The first kappa shape index (κ1) is 17.5. The summed E-state index contributed by atoms with van der Waals surface area (Å²) in [4.78, 5) is 45.4. The van der Waals surface area contributed by atoms with Crippen LogP contribution in [0.25, 0.3) is 0 Å². The molecule has 0 aliphatic carbocycles. The standard InChI is InChI=1S/C15H19N3O4/c1-4-9-18(22-3)15(21)12-7-6-8-16-14(12)17(10-11-19)13(20)5-2/h5-8,11H,2,4,9-10H2,1,3H3. The fraction of sp³-hybridized carbons (Fsp3) is 0.333. The molecule has 118 valence electrons. The van der Waals surface area contributed by atoms with E-state index in [1.54, 1.807) is 6.07 Å². The maximum atomic E-state index is 12.5. The molecule has 7 heteroatoms. The first-order valence-electron chi connectivity index (χ1n) is 6.79. The number of hydrogen-bond acceptors (Lipinski definition) is 5. The van der Waals surface area contributed by atoms with Crippen molar-refractivity contribution in [2.24, 2.45) is 0 Å². The van der Waals surface area contributed by atoms with Crippen LogP contribution in [0.1, 0.15) is 23.7 Å². The van der Waals surface area contributed by atoms with Crippen molar-refractivity contribution in [1.82, 2.24) is 10.0 Å². The Balaban J connectivity index is 3.26. The zero-order valence-electron chi connectivity index (χ0n) is 12.7. The second kappa shape index (κ2) is 8.68. The lowest BCUT2D eigenvalue weighted by molar-refractivity contribution is -0.116. The second-order valence-electron chi connectivity index (χ2n) is 4.28. The molecular formula is C15H19N3O4. The molecule has 2 amide bonds. The molecule has 0 unspecified atom stereocenters. The predicted molar refractivity (Wildman–Crippen MR) is 81.2 cm³/mol.